The molecule has 0 amide bonds. The Kier molecular flexibility index (Phi) is 4.81. The minimum absolute atomic E-state index is 0.0195. The molecule has 1 rings (SSSR count). The lowest BCUT2D eigenvalue weighted by molar-refractivity contribution is -0.384. The zero-order valence-corrected chi connectivity index (χ0v) is 9.94. The Morgan fingerprint density at radius 3 is 2.37 bits per heavy atom. The number of carbonyl (C=O) groups excluding carboxylic acids is 1. The number of ether oxygens (including phenoxy) is 2. The molecule has 102 valence electrons. The van der Waals surface area contributed by atoms with Crippen LogP contribution in [0, 0.1) is 10.1 Å². The zero-order valence-electron chi connectivity index (χ0n) is 9.94. The molecule has 1 aromatic rings. The molecular weight excluding hydrogens is 258 g/mol. The van der Waals surface area contributed by atoms with Crippen LogP contribution in [-0.4, -0.2) is 34.7 Å². The number of hydrogen-bond acceptors (Lipinski definition) is 6. The summed E-state index contributed by atoms with van der Waals surface area (Å²) in [7, 11) is 0. The first-order chi connectivity index (χ1) is 8.95. The van der Waals surface area contributed by atoms with E-state index in [4.69, 9.17) is 9.84 Å². The maximum Gasteiger partial charge on any atom is 0.359 e. The predicted molar refractivity (Wildman–Crippen MR) is 61.8 cm³/mol. The molecule has 8 nitrogen and oxygen atoms in total. The molecule has 0 aliphatic carbocycles. The molecular formula is C11H11NO7. The Bertz CT molecular complexity index is 482. The van der Waals surface area contributed by atoms with Gasteiger partial charge in [-0.3, -0.25) is 10.1 Å². The fourth-order valence-corrected chi connectivity index (χ4v) is 1.20. The standard InChI is InChI=1S/C11H11NO7/c1-2-18-11(15)9(10(13)14)19-8-5-3-7(4-6-8)12(16)17/h3-6,9H,2H2,1H3,(H,13,14). The number of nitrogens with zero attached hydrogens (tertiary/aromatic N) is 1. The second-order valence-electron chi connectivity index (χ2n) is 3.34. The summed E-state index contributed by atoms with van der Waals surface area (Å²) >= 11 is 0. The average molecular weight is 269 g/mol. The van der Waals surface area contributed by atoms with E-state index < -0.39 is 23.0 Å². The van der Waals surface area contributed by atoms with Crippen molar-refractivity contribution in [3.05, 3.63) is 34.4 Å². The van der Waals surface area contributed by atoms with Crippen LogP contribution in [0.5, 0.6) is 5.75 Å². The van der Waals surface area contributed by atoms with E-state index in [0.29, 0.717) is 0 Å². The predicted octanol–water partition coefficient (Wildman–Crippen LogP) is 0.990. The molecule has 0 saturated carbocycles. The Morgan fingerprint density at radius 2 is 1.95 bits per heavy atom. The van der Waals surface area contributed by atoms with E-state index in [1.54, 1.807) is 0 Å². The van der Waals surface area contributed by atoms with Gasteiger partial charge in [-0.05, 0) is 19.1 Å². The molecule has 19 heavy (non-hydrogen) atoms. The molecule has 1 unspecified atom stereocenters. The highest BCUT2D eigenvalue weighted by molar-refractivity contribution is 5.97. The smallest absolute Gasteiger partial charge is 0.359 e. The molecule has 0 spiro atoms. The maximum absolute atomic E-state index is 11.3. The summed E-state index contributed by atoms with van der Waals surface area (Å²) < 4.78 is 9.47. The van der Waals surface area contributed by atoms with Crippen molar-refractivity contribution >= 4 is 17.6 Å². The lowest BCUT2D eigenvalue weighted by Gasteiger charge is -2.13. The van der Waals surface area contributed by atoms with Crippen molar-refractivity contribution in [1.29, 1.82) is 0 Å². The van der Waals surface area contributed by atoms with Crippen LogP contribution >= 0.6 is 0 Å². The normalized spacial score (nSPS) is 11.4. The Hall–Kier alpha value is -2.64. The van der Waals surface area contributed by atoms with Gasteiger partial charge < -0.3 is 14.6 Å². The number of hydrogen-bond donors (Lipinski definition) is 1. The van der Waals surface area contributed by atoms with Crippen molar-refractivity contribution in [2.75, 3.05) is 6.61 Å². The quantitative estimate of drug-likeness (QED) is 0.354. The third-order valence-corrected chi connectivity index (χ3v) is 2.03. The SMILES string of the molecule is CCOC(=O)C(Oc1ccc([N+](=O)[O-])cc1)C(=O)O. The van der Waals surface area contributed by atoms with Crippen LogP contribution in [0.2, 0.25) is 0 Å². The van der Waals surface area contributed by atoms with Crippen molar-refractivity contribution in [3.8, 4) is 5.75 Å². The van der Waals surface area contributed by atoms with Crippen molar-refractivity contribution in [2.45, 2.75) is 13.0 Å². The lowest BCUT2D eigenvalue weighted by atomic mass is 10.3. The first kappa shape index (κ1) is 14.4. The van der Waals surface area contributed by atoms with Gasteiger partial charge >= 0.3 is 11.9 Å². The highest BCUT2D eigenvalue weighted by Gasteiger charge is 2.30. The number of nitro benzene ring substituents is 1. The van der Waals surface area contributed by atoms with Crippen LogP contribution in [0.1, 0.15) is 6.92 Å². The number of carboxylic acid groups (broad SMARTS) is 1. The van der Waals surface area contributed by atoms with E-state index in [0.717, 1.165) is 12.1 Å². The highest BCUT2D eigenvalue weighted by atomic mass is 16.6. The molecule has 0 aromatic heterocycles. The van der Waals surface area contributed by atoms with E-state index in [1.165, 1.54) is 19.1 Å². The Balaban J connectivity index is 2.82. The molecule has 0 aliphatic heterocycles. The molecule has 0 aliphatic rings. The van der Waals surface area contributed by atoms with Gasteiger partial charge in [-0.2, -0.15) is 0 Å². The minimum atomic E-state index is -1.80. The minimum Gasteiger partial charge on any atom is -0.478 e. The van der Waals surface area contributed by atoms with Crippen LogP contribution in [0.3, 0.4) is 0 Å². The second kappa shape index (κ2) is 6.34. The fraction of sp³-hybridized carbons (Fsp3) is 0.273. The van der Waals surface area contributed by atoms with Gasteiger partial charge in [0, 0.05) is 12.1 Å². The Morgan fingerprint density at radius 1 is 1.37 bits per heavy atom. The molecule has 0 heterocycles. The van der Waals surface area contributed by atoms with Crippen molar-refractivity contribution in [1.82, 2.24) is 0 Å². The summed E-state index contributed by atoms with van der Waals surface area (Å²) in [4.78, 5) is 32.0. The van der Waals surface area contributed by atoms with E-state index in [1.807, 2.05) is 0 Å². The topological polar surface area (TPSA) is 116 Å². The molecule has 0 radical (unpaired) electrons. The number of carboxylic acids is 1. The first-order valence-corrected chi connectivity index (χ1v) is 5.26. The van der Waals surface area contributed by atoms with Crippen molar-refractivity contribution < 1.29 is 29.1 Å². The van der Waals surface area contributed by atoms with Crippen LogP contribution in [0.15, 0.2) is 24.3 Å². The van der Waals surface area contributed by atoms with Gasteiger partial charge in [-0.15, -0.1) is 0 Å². The number of benzene rings is 1. The summed E-state index contributed by atoms with van der Waals surface area (Å²) in [6.07, 6.45) is -1.80. The highest BCUT2D eigenvalue weighted by Crippen LogP contribution is 2.18. The lowest BCUT2D eigenvalue weighted by Crippen LogP contribution is -2.37. The van der Waals surface area contributed by atoms with Gasteiger partial charge in [0.2, 0.25) is 0 Å². The molecule has 0 fully saturated rings. The van der Waals surface area contributed by atoms with Crippen molar-refractivity contribution in [2.24, 2.45) is 0 Å². The average Bonchev–Trinajstić information content (AvgIpc) is 2.36. The number of non-ortho nitro benzene ring substituents is 1. The van der Waals surface area contributed by atoms with Gasteiger partial charge in [-0.25, -0.2) is 9.59 Å². The van der Waals surface area contributed by atoms with Crippen LogP contribution in [0.4, 0.5) is 5.69 Å². The summed E-state index contributed by atoms with van der Waals surface area (Å²) in [5, 5.41) is 19.3. The number of esters is 1. The van der Waals surface area contributed by atoms with E-state index in [-0.39, 0.29) is 18.0 Å². The van der Waals surface area contributed by atoms with E-state index in [2.05, 4.69) is 4.74 Å². The molecule has 1 aromatic carbocycles. The van der Waals surface area contributed by atoms with E-state index in [9.17, 15) is 19.7 Å². The molecule has 8 heteroatoms. The number of nitro groups is 1. The first-order valence-electron chi connectivity index (χ1n) is 5.26. The van der Waals surface area contributed by atoms with Crippen LogP contribution in [0.25, 0.3) is 0 Å². The summed E-state index contributed by atoms with van der Waals surface area (Å²) in [5.74, 6) is -2.52. The van der Waals surface area contributed by atoms with Crippen LogP contribution < -0.4 is 4.74 Å². The van der Waals surface area contributed by atoms with Gasteiger partial charge in [-0.1, -0.05) is 0 Å². The molecule has 1 atom stereocenters. The number of rotatable bonds is 6. The summed E-state index contributed by atoms with van der Waals surface area (Å²) in [6, 6.07) is 4.68. The number of carbonyl (C=O) groups is 2. The second-order valence-corrected chi connectivity index (χ2v) is 3.34. The molecule has 0 saturated heterocycles. The summed E-state index contributed by atoms with van der Waals surface area (Å²) in [6.45, 7) is 1.55. The van der Waals surface area contributed by atoms with E-state index >= 15 is 0 Å². The third-order valence-electron chi connectivity index (χ3n) is 2.03. The molecule has 0 bridgehead atoms. The monoisotopic (exact) mass is 269 g/mol. The van der Waals surface area contributed by atoms with Gasteiger partial charge in [0.15, 0.2) is 0 Å². The van der Waals surface area contributed by atoms with Gasteiger partial charge in [0.05, 0.1) is 11.5 Å². The third kappa shape index (κ3) is 3.95. The largest absolute Gasteiger partial charge is 0.478 e. The van der Waals surface area contributed by atoms with Gasteiger partial charge in [0.1, 0.15) is 5.75 Å². The van der Waals surface area contributed by atoms with Gasteiger partial charge in [0.25, 0.3) is 11.8 Å². The molecule has 1 N–H and O–H groups in total. The van der Waals surface area contributed by atoms with Crippen molar-refractivity contribution in [3.63, 3.8) is 0 Å². The maximum atomic E-state index is 11.3. The zero-order chi connectivity index (χ0) is 14.4. The van der Waals surface area contributed by atoms with Crippen LogP contribution in [-0.2, 0) is 14.3 Å². The number of aliphatic carboxylic acids is 1. The fourth-order valence-electron chi connectivity index (χ4n) is 1.20. The Labute approximate surface area is 107 Å². The summed E-state index contributed by atoms with van der Waals surface area (Å²) in [5.41, 5.74) is -0.171.